The number of carbonyl (C=O) groups is 1. The normalized spacial score (nSPS) is 12.3. The van der Waals surface area contributed by atoms with Crippen LogP contribution in [-0.4, -0.2) is 24.3 Å². The van der Waals surface area contributed by atoms with E-state index in [-0.39, 0.29) is 12.1 Å². The molecule has 0 saturated carbocycles. The van der Waals surface area contributed by atoms with Gasteiger partial charge in [-0.2, -0.15) is 0 Å². The lowest BCUT2D eigenvalue weighted by atomic mass is 10.0. The lowest BCUT2D eigenvalue weighted by Crippen LogP contribution is -2.04. The van der Waals surface area contributed by atoms with Crippen molar-refractivity contribution in [1.82, 2.24) is 0 Å². The van der Waals surface area contributed by atoms with Crippen molar-refractivity contribution in [3.05, 3.63) is 0 Å². The van der Waals surface area contributed by atoms with Crippen molar-refractivity contribution in [3.63, 3.8) is 0 Å². The van der Waals surface area contributed by atoms with Gasteiger partial charge in [-0.3, -0.25) is 4.79 Å². The van der Waals surface area contributed by atoms with Crippen LogP contribution in [0, 0.1) is 0 Å². The van der Waals surface area contributed by atoms with E-state index in [1.807, 2.05) is 0 Å². The highest BCUT2D eigenvalue weighted by Gasteiger charge is 2.02. The fourth-order valence-corrected chi connectivity index (χ4v) is 3.70. The molecule has 1 unspecified atom stereocenters. The lowest BCUT2D eigenvalue weighted by Gasteiger charge is -2.08. The molecular formula is C24H48O3. The highest BCUT2D eigenvalue weighted by Crippen LogP contribution is 2.15. The van der Waals surface area contributed by atoms with Crippen LogP contribution >= 0.6 is 0 Å². The van der Waals surface area contributed by atoms with E-state index in [0.29, 0.717) is 6.42 Å². The number of hydrogen-bond acceptors (Lipinski definition) is 3. The van der Waals surface area contributed by atoms with Crippen LogP contribution in [0.4, 0.5) is 0 Å². The number of rotatable bonds is 21. The number of esters is 1. The number of hydrogen-bond donors (Lipinski definition) is 1. The van der Waals surface area contributed by atoms with Crippen LogP contribution < -0.4 is 0 Å². The van der Waals surface area contributed by atoms with Gasteiger partial charge in [0.2, 0.25) is 0 Å². The Hall–Kier alpha value is -0.570. The summed E-state index contributed by atoms with van der Waals surface area (Å²) in [6.45, 7) is 2.14. The predicted octanol–water partition coefficient (Wildman–Crippen LogP) is 7.34. The quantitative estimate of drug-likeness (QED) is 0.166. The van der Waals surface area contributed by atoms with E-state index in [0.717, 1.165) is 32.1 Å². The van der Waals surface area contributed by atoms with Crippen LogP contribution in [-0.2, 0) is 9.53 Å². The Bertz CT molecular complexity index is 304. The second-order valence-electron chi connectivity index (χ2n) is 8.21. The van der Waals surface area contributed by atoms with Gasteiger partial charge in [0.05, 0.1) is 13.2 Å². The van der Waals surface area contributed by atoms with E-state index in [1.165, 1.54) is 97.0 Å². The second kappa shape index (κ2) is 21.7. The average molecular weight is 385 g/mol. The van der Waals surface area contributed by atoms with Gasteiger partial charge in [-0.05, 0) is 19.3 Å². The zero-order chi connectivity index (χ0) is 20.0. The molecule has 0 heterocycles. The van der Waals surface area contributed by atoms with Gasteiger partial charge in [-0.15, -0.1) is 0 Å². The van der Waals surface area contributed by atoms with Crippen molar-refractivity contribution in [2.24, 2.45) is 0 Å². The summed E-state index contributed by atoms with van der Waals surface area (Å²) < 4.78 is 4.65. The minimum Gasteiger partial charge on any atom is -0.469 e. The van der Waals surface area contributed by atoms with Gasteiger partial charge < -0.3 is 9.84 Å². The maximum absolute atomic E-state index is 11.0. The first-order chi connectivity index (χ1) is 13.2. The maximum Gasteiger partial charge on any atom is 0.305 e. The fraction of sp³-hybridized carbons (Fsp3) is 0.958. The molecule has 27 heavy (non-hydrogen) atoms. The summed E-state index contributed by atoms with van der Waals surface area (Å²) in [6.07, 6.45) is 24.7. The third kappa shape index (κ3) is 21.6. The molecule has 0 aliphatic carbocycles. The molecule has 0 spiro atoms. The van der Waals surface area contributed by atoms with Crippen molar-refractivity contribution in [1.29, 1.82) is 0 Å². The van der Waals surface area contributed by atoms with Gasteiger partial charge in [-0.25, -0.2) is 0 Å². The van der Waals surface area contributed by atoms with Crippen molar-refractivity contribution in [2.75, 3.05) is 7.11 Å². The molecule has 3 heteroatoms. The predicted molar refractivity (Wildman–Crippen MR) is 116 cm³/mol. The smallest absolute Gasteiger partial charge is 0.305 e. The van der Waals surface area contributed by atoms with Gasteiger partial charge in [0.25, 0.3) is 0 Å². The summed E-state index contributed by atoms with van der Waals surface area (Å²) in [4.78, 5) is 11.0. The summed E-state index contributed by atoms with van der Waals surface area (Å²) in [5, 5.41) is 9.69. The van der Waals surface area contributed by atoms with Crippen LogP contribution in [0.1, 0.15) is 135 Å². The summed E-state index contributed by atoms with van der Waals surface area (Å²) in [5.74, 6) is -0.0720. The van der Waals surface area contributed by atoms with Crippen LogP contribution in [0.15, 0.2) is 0 Å². The van der Waals surface area contributed by atoms with Crippen molar-refractivity contribution >= 4 is 5.97 Å². The highest BCUT2D eigenvalue weighted by molar-refractivity contribution is 5.68. The zero-order valence-corrected chi connectivity index (χ0v) is 18.5. The number of carbonyl (C=O) groups excluding carboxylic acids is 1. The number of aliphatic hydroxyl groups is 1. The van der Waals surface area contributed by atoms with E-state index in [4.69, 9.17) is 0 Å². The third-order valence-corrected chi connectivity index (χ3v) is 5.52. The number of methoxy groups -OCH3 is 1. The Labute approximate surface area is 169 Å². The molecule has 0 saturated heterocycles. The number of unbranched alkanes of at least 4 members (excludes halogenated alkanes) is 15. The Morgan fingerprint density at radius 2 is 1.04 bits per heavy atom. The lowest BCUT2D eigenvalue weighted by molar-refractivity contribution is -0.140. The van der Waals surface area contributed by atoms with E-state index in [2.05, 4.69) is 11.7 Å². The van der Waals surface area contributed by atoms with Gasteiger partial charge in [0.15, 0.2) is 0 Å². The SMILES string of the molecule is CCCC(O)CCCCCCCCCCCCCCCCCCC(=O)OC. The van der Waals surface area contributed by atoms with E-state index in [9.17, 15) is 9.90 Å². The molecule has 162 valence electrons. The molecule has 0 aromatic rings. The van der Waals surface area contributed by atoms with E-state index < -0.39 is 0 Å². The van der Waals surface area contributed by atoms with Crippen LogP contribution in [0.3, 0.4) is 0 Å². The first-order valence-corrected chi connectivity index (χ1v) is 12.0. The Morgan fingerprint density at radius 1 is 0.667 bits per heavy atom. The summed E-state index contributed by atoms with van der Waals surface area (Å²) in [5.41, 5.74) is 0. The molecule has 0 fully saturated rings. The highest BCUT2D eigenvalue weighted by atomic mass is 16.5. The third-order valence-electron chi connectivity index (χ3n) is 5.52. The molecule has 1 N–H and O–H groups in total. The van der Waals surface area contributed by atoms with E-state index >= 15 is 0 Å². The van der Waals surface area contributed by atoms with Crippen molar-refractivity contribution in [3.8, 4) is 0 Å². The van der Waals surface area contributed by atoms with Gasteiger partial charge >= 0.3 is 5.97 Å². The summed E-state index contributed by atoms with van der Waals surface area (Å²) >= 11 is 0. The minimum atomic E-state index is -0.0720. The van der Waals surface area contributed by atoms with Gasteiger partial charge in [0, 0.05) is 6.42 Å². The van der Waals surface area contributed by atoms with Crippen LogP contribution in [0.2, 0.25) is 0 Å². The Kier molecular flexibility index (Phi) is 21.3. The molecule has 0 aliphatic heterocycles. The minimum absolute atomic E-state index is 0.0541. The zero-order valence-electron chi connectivity index (χ0n) is 18.5. The molecule has 0 aromatic carbocycles. The number of ether oxygens (including phenoxy) is 1. The average Bonchev–Trinajstić information content (AvgIpc) is 2.67. The molecule has 0 aromatic heterocycles. The number of aliphatic hydroxyl groups excluding tert-OH is 1. The second-order valence-corrected chi connectivity index (χ2v) is 8.21. The molecule has 0 amide bonds. The standard InChI is InChI=1S/C24H48O3/c1-3-20-23(25)21-18-16-14-12-10-8-6-4-5-7-9-11-13-15-17-19-22-24(26)27-2/h23,25H,3-22H2,1-2H3. The maximum atomic E-state index is 11.0. The summed E-state index contributed by atoms with van der Waals surface area (Å²) in [6, 6.07) is 0. The molecule has 1 atom stereocenters. The van der Waals surface area contributed by atoms with Gasteiger partial charge in [0.1, 0.15) is 0 Å². The molecule has 0 bridgehead atoms. The first-order valence-electron chi connectivity index (χ1n) is 12.0. The van der Waals surface area contributed by atoms with Crippen LogP contribution in [0.5, 0.6) is 0 Å². The fourth-order valence-electron chi connectivity index (χ4n) is 3.70. The van der Waals surface area contributed by atoms with Crippen molar-refractivity contribution < 1.29 is 14.6 Å². The Balaban J connectivity index is 3.06. The first kappa shape index (κ1) is 26.4. The molecular weight excluding hydrogens is 336 g/mol. The monoisotopic (exact) mass is 384 g/mol. The van der Waals surface area contributed by atoms with E-state index in [1.54, 1.807) is 0 Å². The van der Waals surface area contributed by atoms with Crippen molar-refractivity contribution in [2.45, 2.75) is 141 Å². The molecule has 0 rings (SSSR count). The summed E-state index contributed by atoms with van der Waals surface area (Å²) in [7, 11) is 1.46. The molecule has 0 radical (unpaired) electrons. The topological polar surface area (TPSA) is 46.5 Å². The largest absolute Gasteiger partial charge is 0.469 e. The molecule has 3 nitrogen and oxygen atoms in total. The van der Waals surface area contributed by atoms with Crippen LogP contribution in [0.25, 0.3) is 0 Å². The van der Waals surface area contributed by atoms with Gasteiger partial charge in [-0.1, -0.05) is 110 Å². The Morgan fingerprint density at radius 3 is 1.41 bits per heavy atom. The molecule has 0 aliphatic rings.